The van der Waals surface area contributed by atoms with Crippen LogP contribution in [0.4, 0.5) is 18.0 Å². The Morgan fingerprint density at radius 1 is 0.921 bits per heavy atom. The number of nitrogens with zero attached hydrogens (tertiary/aromatic N) is 2. The predicted octanol–water partition coefficient (Wildman–Crippen LogP) is 5.36. The van der Waals surface area contributed by atoms with Crippen molar-refractivity contribution < 1.29 is 27.5 Å². The number of rotatable bonds is 10. The monoisotopic (exact) mass is 531 g/mol. The summed E-state index contributed by atoms with van der Waals surface area (Å²) in [5.74, 6) is -0.609. The Labute approximate surface area is 222 Å². The molecule has 9 heteroatoms. The molecule has 6 nitrogen and oxygen atoms in total. The number of benzene rings is 2. The molecule has 1 N–H and O–H groups in total. The summed E-state index contributed by atoms with van der Waals surface area (Å²) in [6, 6.07) is 15.0. The van der Waals surface area contributed by atoms with Gasteiger partial charge in [0.05, 0.1) is 6.61 Å². The highest BCUT2D eigenvalue weighted by atomic mass is 19.4. The first-order chi connectivity index (χ1) is 18.3. The predicted molar refractivity (Wildman–Crippen MR) is 140 cm³/mol. The molecule has 0 atom stereocenters. The largest absolute Gasteiger partial charge is 0.449 e. The van der Waals surface area contributed by atoms with Gasteiger partial charge in [-0.2, -0.15) is 13.2 Å². The van der Waals surface area contributed by atoms with E-state index in [1.165, 1.54) is 0 Å². The minimum absolute atomic E-state index is 0.261. The summed E-state index contributed by atoms with van der Waals surface area (Å²) >= 11 is 0. The molecule has 2 aromatic carbocycles. The van der Waals surface area contributed by atoms with Crippen molar-refractivity contribution >= 4 is 12.0 Å². The van der Waals surface area contributed by atoms with Crippen molar-refractivity contribution in [1.29, 1.82) is 0 Å². The van der Waals surface area contributed by atoms with Crippen molar-refractivity contribution in [2.24, 2.45) is 0 Å². The Bertz CT molecular complexity index is 1070. The van der Waals surface area contributed by atoms with Gasteiger partial charge in [-0.15, -0.1) is 0 Å². The number of ether oxygens (including phenoxy) is 1. The minimum atomic E-state index is -4.49. The average Bonchev–Trinajstić information content (AvgIpc) is 3.20. The topological polar surface area (TPSA) is 61.9 Å². The van der Waals surface area contributed by atoms with Crippen LogP contribution in [0.15, 0.2) is 48.5 Å². The van der Waals surface area contributed by atoms with E-state index in [0.29, 0.717) is 32.5 Å². The molecule has 0 aromatic heterocycles. The number of carbonyl (C=O) groups excluding carboxylic acids is 2. The molecule has 0 unspecified atom stereocenters. The Hall–Kier alpha value is -3.07. The number of hydrogen-bond acceptors (Lipinski definition) is 4. The summed E-state index contributed by atoms with van der Waals surface area (Å²) in [6.45, 7) is 4.63. The lowest BCUT2D eigenvalue weighted by atomic mass is 9.73. The van der Waals surface area contributed by atoms with Gasteiger partial charge in [-0.1, -0.05) is 68.3 Å². The molecule has 1 aliphatic heterocycles. The highest BCUT2D eigenvalue weighted by Gasteiger charge is 2.49. The van der Waals surface area contributed by atoms with Crippen LogP contribution >= 0.6 is 0 Å². The van der Waals surface area contributed by atoms with Crippen molar-refractivity contribution in [3.63, 3.8) is 0 Å². The molecule has 206 valence electrons. The lowest BCUT2D eigenvalue weighted by Crippen LogP contribution is -2.49. The number of amides is 2. The van der Waals surface area contributed by atoms with Gasteiger partial charge in [0.1, 0.15) is 12.0 Å². The molecule has 1 saturated heterocycles. The van der Waals surface area contributed by atoms with E-state index >= 15 is 0 Å². The van der Waals surface area contributed by atoms with E-state index in [4.69, 9.17) is 4.74 Å². The standard InChI is InChI=1S/C29H36F3N3O3/c1-2-3-20-38-27(37)35-18-16-34(17-19-35)15-9-8-14-28(26(36)33-21-29(30,31)32)24-12-6-4-10-22(24)23-11-5-7-13-25(23)28/h4-7,10-13H,2-3,8-9,14-21H2,1H3,(H,33,36). The van der Waals surface area contributed by atoms with E-state index in [2.05, 4.69) is 10.2 Å². The first kappa shape index (κ1) is 28.0. The van der Waals surface area contributed by atoms with Gasteiger partial charge in [-0.3, -0.25) is 9.69 Å². The van der Waals surface area contributed by atoms with Gasteiger partial charge < -0.3 is 15.0 Å². The smallest absolute Gasteiger partial charge is 0.409 e. The number of halogens is 3. The van der Waals surface area contributed by atoms with Crippen LogP contribution in [0.1, 0.15) is 50.2 Å². The highest BCUT2D eigenvalue weighted by Crippen LogP contribution is 2.51. The van der Waals surface area contributed by atoms with E-state index in [9.17, 15) is 22.8 Å². The van der Waals surface area contributed by atoms with Crippen molar-refractivity contribution in [2.45, 2.75) is 50.6 Å². The Morgan fingerprint density at radius 2 is 1.53 bits per heavy atom. The molecule has 4 rings (SSSR count). The van der Waals surface area contributed by atoms with Gasteiger partial charge in [0, 0.05) is 26.2 Å². The summed E-state index contributed by atoms with van der Waals surface area (Å²) in [5, 5.41) is 2.19. The normalized spacial score (nSPS) is 16.6. The third-order valence-corrected chi connectivity index (χ3v) is 7.53. The van der Waals surface area contributed by atoms with E-state index in [1.807, 2.05) is 55.5 Å². The molecule has 0 spiro atoms. The van der Waals surface area contributed by atoms with Crippen molar-refractivity contribution in [2.75, 3.05) is 45.9 Å². The van der Waals surface area contributed by atoms with Crippen molar-refractivity contribution in [1.82, 2.24) is 15.1 Å². The minimum Gasteiger partial charge on any atom is -0.449 e. The zero-order valence-corrected chi connectivity index (χ0v) is 21.9. The maximum absolute atomic E-state index is 13.6. The molecule has 0 radical (unpaired) electrons. The summed E-state index contributed by atoms with van der Waals surface area (Å²) in [7, 11) is 0. The average molecular weight is 532 g/mol. The summed E-state index contributed by atoms with van der Waals surface area (Å²) in [5.41, 5.74) is 2.14. The Kier molecular flexibility index (Phi) is 8.97. The Balaban J connectivity index is 1.41. The number of carbonyl (C=O) groups is 2. The van der Waals surface area contributed by atoms with E-state index in [1.54, 1.807) is 4.90 Å². The molecule has 2 amide bonds. The lowest BCUT2D eigenvalue weighted by molar-refractivity contribution is -0.141. The maximum Gasteiger partial charge on any atom is 0.409 e. The third kappa shape index (κ3) is 6.14. The molecule has 2 aromatic rings. The van der Waals surface area contributed by atoms with Gasteiger partial charge in [0.2, 0.25) is 5.91 Å². The second-order valence-electron chi connectivity index (χ2n) is 10.0. The third-order valence-electron chi connectivity index (χ3n) is 7.53. The van der Waals surface area contributed by atoms with E-state index in [0.717, 1.165) is 61.2 Å². The molecule has 0 bridgehead atoms. The number of fused-ring (bicyclic) bond motifs is 3. The maximum atomic E-state index is 13.6. The second kappa shape index (κ2) is 12.2. The van der Waals surface area contributed by atoms with Crippen molar-refractivity contribution in [3.05, 3.63) is 59.7 Å². The number of unbranched alkanes of at least 4 members (excludes halogenated alkanes) is 2. The van der Waals surface area contributed by atoms with Gasteiger partial charge >= 0.3 is 12.3 Å². The van der Waals surface area contributed by atoms with Crippen LogP contribution < -0.4 is 5.32 Å². The van der Waals surface area contributed by atoms with Gasteiger partial charge in [-0.05, 0) is 48.1 Å². The molecule has 2 aliphatic rings. The lowest BCUT2D eigenvalue weighted by Gasteiger charge is -2.34. The summed E-state index contributed by atoms with van der Waals surface area (Å²) in [6.07, 6.45) is -1.04. The van der Waals surface area contributed by atoms with Crippen LogP contribution in [0.25, 0.3) is 11.1 Å². The van der Waals surface area contributed by atoms with Crippen LogP contribution in [0.2, 0.25) is 0 Å². The molecule has 1 aliphatic carbocycles. The second-order valence-corrected chi connectivity index (χ2v) is 10.0. The molecular weight excluding hydrogens is 495 g/mol. The number of alkyl halides is 3. The quantitative estimate of drug-likeness (QED) is 0.420. The molecule has 1 heterocycles. The van der Waals surface area contributed by atoms with Crippen LogP contribution in [-0.2, 0) is 14.9 Å². The zero-order chi connectivity index (χ0) is 27.2. The fourth-order valence-electron chi connectivity index (χ4n) is 5.56. The first-order valence-corrected chi connectivity index (χ1v) is 13.4. The molecular formula is C29H36F3N3O3. The SMILES string of the molecule is CCCCOC(=O)N1CCN(CCCCC2(C(=O)NCC(F)(F)F)c3ccccc3-c3ccccc32)CC1. The number of nitrogens with one attached hydrogen (secondary N) is 1. The van der Waals surface area contributed by atoms with Gasteiger partial charge in [0.25, 0.3) is 0 Å². The van der Waals surface area contributed by atoms with Crippen molar-refractivity contribution in [3.8, 4) is 11.1 Å². The van der Waals surface area contributed by atoms with Crippen LogP contribution in [0.3, 0.4) is 0 Å². The fourth-order valence-corrected chi connectivity index (χ4v) is 5.56. The molecule has 38 heavy (non-hydrogen) atoms. The fraction of sp³-hybridized carbons (Fsp3) is 0.517. The molecule has 0 saturated carbocycles. The zero-order valence-electron chi connectivity index (χ0n) is 21.9. The number of hydrogen-bond donors (Lipinski definition) is 1. The van der Waals surface area contributed by atoms with Gasteiger partial charge in [-0.25, -0.2) is 4.79 Å². The van der Waals surface area contributed by atoms with E-state index < -0.39 is 24.0 Å². The van der Waals surface area contributed by atoms with Crippen LogP contribution in [0, 0.1) is 0 Å². The summed E-state index contributed by atoms with van der Waals surface area (Å²) in [4.78, 5) is 29.8. The molecule has 1 fully saturated rings. The van der Waals surface area contributed by atoms with Crippen LogP contribution in [-0.4, -0.2) is 73.9 Å². The highest BCUT2D eigenvalue weighted by molar-refractivity contribution is 6.00. The van der Waals surface area contributed by atoms with E-state index in [-0.39, 0.29) is 6.09 Å². The first-order valence-electron chi connectivity index (χ1n) is 13.4. The summed E-state index contributed by atoms with van der Waals surface area (Å²) < 4.78 is 44.4. The van der Waals surface area contributed by atoms with Crippen LogP contribution in [0.5, 0.6) is 0 Å². The number of piperazine rings is 1. The van der Waals surface area contributed by atoms with Gasteiger partial charge in [0.15, 0.2) is 0 Å². The Morgan fingerprint density at radius 3 is 2.11 bits per heavy atom.